The highest BCUT2D eigenvalue weighted by molar-refractivity contribution is 5.83. The summed E-state index contributed by atoms with van der Waals surface area (Å²) in [5.74, 6) is -0.936. The zero-order valence-corrected chi connectivity index (χ0v) is 12.5. The maximum Gasteiger partial charge on any atom is 0.326 e. The van der Waals surface area contributed by atoms with Crippen molar-refractivity contribution in [3.63, 3.8) is 0 Å². The van der Waals surface area contributed by atoms with Gasteiger partial charge in [-0.25, -0.2) is 9.59 Å². The van der Waals surface area contributed by atoms with Crippen LogP contribution in [0.2, 0.25) is 0 Å². The number of aliphatic carboxylic acids is 1. The Morgan fingerprint density at radius 3 is 2.86 bits per heavy atom. The Labute approximate surface area is 125 Å². The van der Waals surface area contributed by atoms with Crippen LogP contribution in [0.3, 0.4) is 0 Å². The second-order valence-corrected chi connectivity index (χ2v) is 5.74. The second-order valence-electron chi connectivity index (χ2n) is 5.74. The van der Waals surface area contributed by atoms with Gasteiger partial charge in [-0.3, -0.25) is 0 Å². The summed E-state index contributed by atoms with van der Waals surface area (Å²) in [6.07, 6.45) is 1.70. The number of carbonyl (C=O) groups is 2. The predicted molar refractivity (Wildman–Crippen MR) is 79.9 cm³/mol. The first-order valence-electron chi connectivity index (χ1n) is 7.32. The topological polar surface area (TPSA) is 69.6 Å². The third-order valence-electron chi connectivity index (χ3n) is 3.97. The number of benzene rings is 1. The first kappa shape index (κ1) is 15.4. The Morgan fingerprint density at radius 1 is 1.43 bits per heavy atom. The van der Waals surface area contributed by atoms with Crippen LogP contribution in [0.25, 0.3) is 0 Å². The Bertz CT molecular complexity index is 530. The maximum atomic E-state index is 12.3. The quantitative estimate of drug-likeness (QED) is 0.898. The molecule has 0 radical (unpaired) electrons. The van der Waals surface area contributed by atoms with E-state index in [2.05, 4.69) is 5.32 Å². The molecule has 1 saturated heterocycles. The van der Waals surface area contributed by atoms with Gasteiger partial charge in [-0.2, -0.15) is 0 Å². The number of carboxylic acid groups (broad SMARTS) is 1. The van der Waals surface area contributed by atoms with Crippen LogP contribution in [0.15, 0.2) is 24.3 Å². The van der Waals surface area contributed by atoms with Gasteiger partial charge in [0.1, 0.15) is 6.04 Å². The van der Waals surface area contributed by atoms with Crippen LogP contribution in [0.5, 0.6) is 0 Å². The second kappa shape index (κ2) is 6.61. The summed E-state index contributed by atoms with van der Waals surface area (Å²) in [5, 5.41) is 12.2. The Balaban J connectivity index is 2.00. The summed E-state index contributed by atoms with van der Waals surface area (Å²) in [6, 6.07) is 6.87. The molecule has 21 heavy (non-hydrogen) atoms. The van der Waals surface area contributed by atoms with E-state index in [1.165, 1.54) is 4.90 Å². The van der Waals surface area contributed by atoms with Crippen molar-refractivity contribution in [3.05, 3.63) is 35.4 Å². The van der Waals surface area contributed by atoms with Crippen LogP contribution in [0, 0.1) is 12.8 Å². The lowest BCUT2D eigenvalue weighted by molar-refractivity contribution is -0.145. The standard InChI is InChI=1S/C16H22N2O3/c1-11-5-3-7-13(9-11)10-17-16(21)18-8-4-6-12(2)14(18)15(19)20/h3,5,7,9,12,14H,4,6,8,10H2,1-2H3,(H,17,21)(H,19,20). The first-order valence-corrected chi connectivity index (χ1v) is 7.32. The molecule has 1 aliphatic rings. The molecule has 0 aromatic heterocycles. The third-order valence-corrected chi connectivity index (χ3v) is 3.97. The van der Waals surface area contributed by atoms with E-state index in [1.807, 2.05) is 38.1 Å². The normalized spacial score (nSPS) is 21.9. The number of hydrogen-bond donors (Lipinski definition) is 2. The lowest BCUT2D eigenvalue weighted by Gasteiger charge is -2.37. The number of nitrogens with zero attached hydrogens (tertiary/aromatic N) is 1. The minimum atomic E-state index is -0.923. The Morgan fingerprint density at radius 2 is 2.19 bits per heavy atom. The van der Waals surface area contributed by atoms with E-state index in [0.717, 1.165) is 24.0 Å². The number of rotatable bonds is 3. The first-order chi connectivity index (χ1) is 9.99. The number of hydrogen-bond acceptors (Lipinski definition) is 2. The highest BCUT2D eigenvalue weighted by atomic mass is 16.4. The van der Waals surface area contributed by atoms with Gasteiger partial charge in [-0.1, -0.05) is 36.8 Å². The molecule has 0 aliphatic carbocycles. The van der Waals surface area contributed by atoms with Gasteiger partial charge in [0, 0.05) is 13.1 Å². The van der Waals surface area contributed by atoms with Gasteiger partial charge in [0.25, 0.3) is 0 Å². The number of piperidine rings is 1. The molecule has 2 rings (SSSR count). The molecule has 1 heterocycles. The van der Waals surface area contributed by atoms with Crippen LogP contribution in [0.4, 0.5) is 4.79 Å². The smallest absolute Gasteiger partial charge is 0.326 e. The molecule has 0 saturated carbocycles. The van der Waals surface area contributed by atoms with Gasteiger partial charge in [-0.15, -0.1) is 0 Å². The predicted octanol–water partition coefficient (Wildman–Crippen LogP) is 2.39. The third kappa shape index (κ3) is 3.74. The van der Waals surface area contributed by atoms with Gasteiger partial charge in [0.2, 0.25) is 0 Å². The number of urea groups is 1. The maximum absolute atomic E-state index is 12.3. The molecule has 2 atom stereocenters. The van der Waals surface area contributed by atoms with E-state index in [-0.39, 0.29) is 11.9 Å². The SMILES string of the molecule is Cc1cccc(CNC(=O)N2CCCC(C)C2C(=O)O)c1. The fraction of sp³-hybridized carbons (Fsp3) is 0.500. The van der Waals surface area contributed by atoms with E-state index in [4.69, 9.17) is 0 Å². The van der Waals surface area contributed by atoms with Crippen molar-refractivity contribution in [3.8, 4) is 0 Å². The molecule has 1 aromatic carbocycles. The van der Waals surface area contributed by atoms with E-state index in [0.29, 0.717) is 13.1 Å². The van der Waals surface area contributed by atoms with Gasteiger partial charge >= 0.3 is 12.0 Å². The highest BCUT2D eigenvalue weighted by Gasteiger charge is 2.36. The zero-order valence-electron chi connectivity index (χ0n) is 12.5. The Hall–Kier alpha value is -2.04. The molecule has 1 fully saturated rings. The lowest BCUT2D eigenvalue weighted by Crippen LogP contribution is -2.54. The fourth-order valence-electron chi connectivity index (χ4n) is 2.89. The number of carbonyl (C=O) groups excluding carboxylic acids is 1. The summed E-state index contributed by atoms with van der Waals surface area (Å²) in [5.41, 5.74) is 2.15. The van der Waals surface area contributed by atoms with E-state index in [1.54, 1.807) is 0 Å². The van der Waals surface area contributed by atoms with Crippen LogP contribution >= 0.6 is 0 Å². The number of likely N-dealkylation sites (tertiary alicyclic amines) is 1. The molecule has 5 nitrogen and oxygen atoms in total. The molecule has 1 aliphatic heterocycles. The minimum absolute atomic E-state index is 0.0130. The van der Waals surface area contributed by atoms with Crippen LogP contribution in [-0.2, 0) is 11.3 Å². The van der Waals surface area contributed by atoms with Crippen LogP contribution < -0.4 is 5.32 Å². The number of nitrogens with one attached hydrogen (secondary N) is 1. The van der Waals surface area contributed by atoms with Crippen molar-refractivity contribution in [2.75, 3.05) is 6.54 Å². The largest absolute Gasteiger partial charge is 0.480 e. The van der Waals surface area contributed by atoms with Crippen molar-refractivity contribution in [1.82, 2.24) is 10.2 Å². The van der Waals surface area contributed by atoms with E-state index < -0.39 is 12.0 Å². The Kier molecular flexibility index (Phi) is 4.83. The fourth-order valence-corrected chi connectivity index (χ4v) is 2.89. The average molecular weight is 290 g/mol. The van der Waals surface area contributed by atoms with Gasteiger partial charge in [0.15, 0.2) is 0 Å². The zero-order chi connectivity index (χ0) is 15.4. The monoisotopic (exact) mass is 290 g/mol. The average Bonchev–Trinajstić information content (AvgIpc) is 2.44. The summed E-state index contributed by atoms with van der Waals surface area (Å²) >= 11 is 0. The van der Waals surface area contributed by atoms with Crippen molar-refractivity contribution in [1.29, 1.82) is 0 Å². The van der Waals surface area contributed by atoms with E-state index in [9.17, 15) is 14.7 Å². The number of amides is 2. The lowest BCUT2D eigenvalue weighted by atomic mass is 9.91. The molecule has 0 spiro atoms. The molecule has 2 N–H and O–H groups in total. The molecular formula is C16H22N2O3. The summed E-state index contributed by atoms with van der Waals surface area (Å²) in [4.78, 5) is 25.1. The van der Waals surface area contributed by atoms with Crippen molar-refractivity contribution in [2.24, 2.45) is 5.92 Å². The molecule has 1 aromatic rings. The minimum Gasteiger partial charge on any atom is -0.480 e. The molecule has 5 heteroatoms. The van der Waals surface area contributed by atoms with E-state index >= 15 is 0 Å². The molecule has 0 bridgehead atoms. The van der Waals surface area contributed by atoms with Crippen LogP contribution in [0.1, 0.15) is 30.9 Å². The van der Waals surface area contributed by atoms with Gasteiger partial charge in [-0.05, 0) is 31.2 Å². The van der Waals surface area contributed by atoms with Crippen LogP contribution in [-0.4, -0.2) is 34.6 Å². The molecule has 114 valence electrons. The highest BCUT2D eigenvalue weighted by Crippen LogP contribution is 2.23. The molecular weight excluding hydrogens is 268 g/mol. The summed E-state index contributed by atoms with van der Waals surface area (Å²) in [6.45, 7) is 4.80. The summed E-state index contributed by atoms with van der Waals surface area (Å²) < 4.78 is 0. The van der Waals surface area contributed by atoms with Crippen molar-refractivity contribution < 1.29 is 14.7 Å². The van der Waals surface area contributed by atoms with Crippen molar-refractivity contribution in [2.45, 2.75) is 39.3 Å². The molecule has 2 unspecified atom stereocenters. The van der Waals surface area contributed by atoms with Crippen molar-refractivity contribution >= 4 is 12.0 Å². The van der Waals surface area contributed by atoms with Gasteiger partial charge < -0.3 is 15.3 Å². The molecule has 2 amide bonds. The number of carboxylic acids is 1. The number of aryl methyl sites for hydroxylation is 1. The van der Waals surface area contributed by atoms with Gasteiger partial charge in [0.05, 0.1) is 0 Å². The summed E-state index contributed by atoms with van der Waals surface area (Å²) in [7, 11) is 0.